The molecule has 1 aromatic rings. The zero-order chi connectivity index (χ0) is 10.6. The van der Waals surface area contributed by atoms with Crippen molar-refractivity contribution in [1.29, 1.82) is 0 Å². The molecular formula is C10H15ClN2O2. The van der Waals surface area contributed by atoms with Crippen LogP contribution in [0, 0.1) is 0 Å². The molecule has 1 rings (SSSR count). The van der Waals surface area contributed by atoms with Crippen molar-refractivity contribution in [2.45, 2.75) is 18.6 Å². The molecule has 0 aliphatic rings. The van der Waals surface area contributed by atoms with Crippen LogP contribution in [-0.4, -0.2) is 23.2 Å². The van der Waals surface area contributed by atoms with Gasteiger partial charge < -0.3 is 16.6 Å². The Bertz CT molecular complexity index is 306. The molecule has 0 aromatic heterocycles. The monoisotopic (exact) mass is 230 g/mol. The molecule has 1 aromatic carbocycles. The van der Waals surface area contributed by atoms with E-state index in [4.69, 9.17) is 11.5 Å². The van der Waals surface area contributed by atoms with Crippen LogP contribution in [0.15, 0.2) is 30.3 Å². The maximum absolute atomic E-state index is 10.6. The summed E-state index contributed by atoms with van der Waals surface area (Å²) < 4.78 is 0. The van der Waals surface area contributed by atoms with Crippen molar-refractivity contribution in [3.8, 4) is 0 Å². The first kappa shape index (κ1) is 13.9. The summed E-state index contributed by atoms with van der Waals surface area (Å²) in [5, 5.41) is 9.26. The van der Waals surface area contributed by atoms with Crippen LogP contribution in [-0.2, 0) is 11.2 Å². The number of rotatable bonds is 4. The second-order valence-electron chi connectivity index (χ2n) is 3.20. The van der Waals surface area contributed by atoms with Crippen molar-refractivity contribution in [2.75, 3.05) is 0 Å². The summed E-state index contributed by atoms with van der Waals surface area (Å²) in [6.07, 6.45) is -0.847. The lowest BCUT2D eigenvalue weighted by Gasteiger charge is -2.15. The highest BCUT2D eigenvalue weighted by Gasteiger charge is 2.20. The van der Waals surface area contributed by atoms with Crippen molar-refractivity contribution < 1.29 is 9.90 Å². The van der Waals surface area contributed by atoms with Crippen LogP contribution in [0.2, 0.25) is 0 Å². The van der Waals surface area contributed by atoms with Crippen LogP contribution in [0.4, 0.5) is 0 Å². The minimum absolute atomic E-state index is 0. The van der Waals surface area contributed by atoms with Gasteiger partial charge in [0.05, 0.1) is 0 Å². The smallest absolute Gasteiger partial charge is 0.247 e. The first-order chi connectivity index (χ1) is 6.61. The van der Waals surface area contributed by atoms with Gasteiger partial charge in [-0.3, -0.25) is 4.79 Å². The number of carbonyl (C=O) groups excluding carboxylic acids is 1. The van der Waals surface area contributed by atoms with E-state index in [1.165, 1.54) is 0 Å². The van der Waals surface area contributed by atoms with Gasteiger partial charge in [-0.1, -0.05) is 30.3 Å². The predicted molar refractivity (Wildman–Crippen MR) is 60.6 cm³/mol. The minimum Gasteiger partial charge on any atom is -0.382 e. The molecule has 0 saturated carbocycles. The van der Waals surface area contributed by atoms with Gasteiger partial charge in [-0.2, -0.15) is 0 Å². The number of halogens is 1. The molecule has 0 aliphatic carbocycles. The summed E-state index contributed by atoms with van der Waals surface area (Å²) in [7, 11) is 0. The number of hydrogen-bond acceptors (Lipinski definition) is 3. The van der Waals surface area contributed by atoms with Gasteiger partial charge in [0.2, 0.25) is 5.91 Å². The molecule has 1 unspecified atom stereocenters. The molecule has 0 fully saturated rings. The Hall–Kier alpha value is -1.10. The van der Waals surface area contributed by atoms with Crippen molar-refractivity contribution in [2.24, 2.45) is 11.5 Å². The third-order valence-corrected chi connectivity index (χ3v) is 2.01. The fourth-order valence-electron chi connectivity index (χ4n) is 1.21. The number of aliphatic hydroxyl groups excluding tert-OH is 1. The van der Waals surface area contributed by atoms with Crippen molar-refractivity contribution in [3.05, 3.63) is 35.9 Å². The zero-order valence-electron chi connectivity index (χ0n) is 8.17. The van der Waals surface area contributed by atoms with Crippen LogP contribution in [0.3, 0.4) is 0 Å². The van der Waals surface area contributed by atoms with Crippen LogP contribution in [0.25, 0.3) is 0 Å². The van der Waals surface area contributed by atoms with Gasteiger partial charge >= 0.3 is 0 Å². The van der Waals surface area contributed by atoms with Crippen LogP contribution in [0.5, 0.6) is 0 Å². The van der Waals surface area contributed by atoms with E-state index < -0.39 is 18.1 Å². The fourth-order valence-corrected chi connectivity index (χ4v) is 1.21. The molecule has 5 heteroatoms. The largest absolute Gasteiger partial charge is 0.382 e. The minimum atomic E-state index is -1.28. The standard InChI is InChI=1S/C10H14N2O2.ClH/c11-8(9(13)10(12)14)6-7-4-2-1-3-5-7;/h1-5,8-9,13H,6,11H2,(H2,12,14);1H/t8-,9?;/m0./s1. The molecule has 84 valence electrons. The van der Waals surface area contributed by atoms with Gasteiger partial charge in [0.1, 0.15) is 6.10 Å². The molecule has 0 aliphatic heterocycles. The Morgan fingerprint density at radius 1 is 1.33 bits per heavy atom. The van der Waals surface area contributed by atoms with Gasteiger partial charge in [0, 0.05) is 6.04 Å². The van der Waals surface area contributed by atoms with Gasteiger partial charge in [0.15, 0.2) is 0 Å². The van der Waals surface area contributed by atoms with E-state index in [-0.39, 0.29) is 12.4 Å². The number of hydrogen-bond donors (Lipinski definition) is 3. The fraction of sp³-hybridized carbons (Fsp3) is 0.300. The second kappa shape index (κ2) is 6.40. The van der Waals surface area contributed by atoms with E-state index in [1.807, 2.05) is 30.3 Å². The summed E-state index contributed by atoms with van der Waals surface area (Å²) in [6, 6.07) is 8.76. The highest BCUT2D eigenvalue weighted by atomic mass is 35.5. The Labute approximate surface area is 94.7 Å². The highest BCUT2D eigenvalue weighted by Crippen LogP contribution is 2.04. The lowest BCUT2D eigenvalue weighted by molar-refractivity contribution is -0.126. The van der Waals surface area contributed by atoms with Gasteiger partial charge in [0.25, 0.3) is 0 Å². The molecule has 1 amide bonds. The Morgan fingerprint density at radius 2 is 1.87 bits per heavy atom. The van der Waals surface area contributed by atoms with Crippen LogP contribution in [0.1, 0.15) is 5.56 Å². The summed E-state index contributed by atoms with van der Waals surface area (Å²) >= 11 is 0. The number of primary amides is 1. The van der Waals surface area contributed by atoms with E-state index in [1.54, 1.807) is 0 Å². The quantitative estimate of drug-likeness (QED) is 0.671. The molecule has 2 atom stereocenters. The van der Waals surface area contributed by atoms with Crippen molar-refractivity contribution in [3.63, 3.8) is 0 Å². The molecular weight excluding hydrogens is 216 g/mol. The molecule has 0 heterocycles. The maximum Gasteiger partial charge on any atom is 0.247 e. The summed E-state index contributed by atoms with van der Waals surface area (Å²) in [5.41, 5.74) is 11.5. The Balaban J connectivity index is 0.00000196. The first-order valence-electron chi connectivity index (χ1n) is 4.38. The average molecular weight is 231 g/mol. The van der Waals surface area contributed by atoms with E-state index >= 15 is 0 Å². The molecule has 0 bridgehead atoms. The summed E-state index contributed by atoms with van der Waals surface area (Å²) in [5.74, 6) is -0.784. The lowest BCUT2D eigenvalue weighted by Crippen LogP contribution is -2.45. The third kappa shape index (κ3) is 4.29. The number of benzene rings is 1. The average Bonchev–Trinajstić information content (AvgIpc) is 2.18. The molecule has 15 heavy (non-hydrogen) atoms. The van der Waals surface area contributed by atoms with E-state index in [0.29, 0.717) is 6.42 Å². The molecule has 4 nitrogen and oxygen atoms in total. The van der Waals surface area contributed by atoms with E-state index in [0.717, 1.165) is 5.56 Å². The van der Waals surface area contributed by atoms with Gasteiger partial charge in [-0.05, 0) is 12.0 Å². The Kier molecular flexibility index (Phi) is 5.93. The predicted octanol–water partition coefficient (Wildman–Crippen LogP) is -0.176. The number of carbonyl (C=O) groups is 1. The van der Waals surface area contributed by atoms with Gasteiger partial charge in [-0.25, -0.2) is 0 Å². The second-order valence-corrected chi connectivity index (χ2v) is 3.20. The SMILES string of the molecule is Cl.NC(=O)C(O)[C@@H](N)Cc1ccccc1. The number of amides is 1. The Morgan fingerprint density at radius 3 is 2.33 bits per heavy atom. The first-order valence-corrected chi connectivity index (χ1v) is 4.38. The highest BCUT2D eigenvalue weighted by molar-refractivity contribution is 5.85. The molecule has 0 spiro atoms. The lowest BCUT2D eigenvalue weighted by atomic mass is 10.0. The number of aliphatic hydroxyl groups is 1. The van der Waals surface area contributed by atoms with Crippen molar-refractivity contribution in [1.82, 2.24) is 0 Å². The molecule has 5 N–H and O–H groups in total. The van der Waals surface area contributed by atoms with Crippen LogP contribution >= 0.6 is 12.4 Å². The van der Waals surface area contributed by atoms with Crippen LogP contribution < -0.4 is 11.5 Å². The topological polar surface area (TPSA) is 89.3 Å². The summed E-state index contributed by atoms with van der Waals surface area (Å²) in [6.45, 7) is 0. The third-order valence-electron chi connectivity index (χ3n) is 2.01. The molecule has 0 radical (unpaired) electrons. The number of nitrogens with two attached hydrogens (primary N) is 2. The van der Waals surface area contributed by atoms with Crippen molar-refractivity contribution >= 4 is 18.3 Å². The van der Waals surface area contributed by atoms with E-state index in [2.05, 4.69) is 0 Å². The van der Waals surface area contributed by atoms with E-state index in [9.17, 15) is 9.90 Å². The normalized spacial score (nSPS) is 13.7. The van der Waals surface area contributed by atoms with Gasteiger partial charge in [-0.15, -0.1) is 12.4 Å². The zero-order valence-corrected chi connectivity index (χ0v) is 8.98. The molecule has 0 saturated heterocycles. The maximum atomic E-state index is 10.6. The summed E-state index contributed by atoms with van der Waals surface area (Å²) in [4.78, 5) is 10.6.